The smallest absolute Gasteiger partial charge is 0.332 e. The lowest BCUT2D eigenvalue weighted by Gasteiger charge is -2.35. The summed E-state index contributed by atoms with van der Waals surface area (Å²) in [5.74, 6) is -2.32. The number of anilines is 1. The molecule has 1 fully saturated rings. The van der Waals surface area contributed by atoms with Crippen LogP contribution in [0.4, 0.5) is 5.69 Å². The first-order valence-electron chi connectivity index (χ1n) is 7.66. The normalized spacial score (nSPS) is 18.6. The maximum absolute atomic E-state index is 12.2. The molecule has 2 aromatic rings. The van der Waals surface area contributed by atoms with Crippen molar-refractivity contribution in [3.63, 3.8) is 0 Å². The lowest BCUT2D eigenvalue weighted by molar-refractivity contribution is -0.175. The molecule has 9 heteroatoms. The van der Waals surface area contributed by atoms with Gasteiger partial charge in [0.1, 0.15) is 6.10 Å². The van der Waals surface area contributed by atoms with E-state index in [2.05, 4.69) is 5.32 Å². The molecule has 1 amide bonds. The van der Waals surface area contributed by atoms with Crippen molar-refractivity contribution in [1.82, 2.24) is 5.32 Å². The summed E-state index contributed by atoms with van der Waals surface area (Å²) in [6.45, 7) is 0. The molecule has 136 valence electrons. The number of rotatable bonds is 5. The zero-order valence-electron chi connectivity index (χ0n) is 13.4. The summed E-state index contributed by atoms with van der Waals surface area (Å²) in [6, 6.07) is 9.24. The summed E-state index contributed by atoms with van der Waals surface area (Å²) in [7, 11) is 0. The average molecular weight is 360 g/mol. The molecule has 26 heavy (non-hydrogen) atoms. The van der Waals surface area contributed by atoms with Crippen LogP contribution < -0.4 is 10.5 Å². The number of hydrogen-bond acceptors (Lipinski definition) is 8. The topological polar surface area (TPSA) is 140 Å². The fraction of sp³-hybridized carbons (Fsp3) is 0.176. The molecule has 0 aliphatic carbocycles. The lowest BCUT2D eigenvalue weighted by Crippen LogP contribution is -2.60. The first kappa shape index (κ1) is 17.5. The second-order valence-electron chi connectivity index (χ2n) is 5.76. The first-order chi connectivity index (χ1) is 12.4. The molecular formula is C17H16N2O7. The summed E-state index contributed by atoms with van der Waals surface area (Å²) in [6.07, 6.45) is -0.295. The van der Waals surface area contributed by atoms with Gasteiger partial charge in [-0.05, 0) is 29.8 Å². The molecule has 1 aliphatic rings. The zero-order chi connectivity index (χ0) is 18.8. The summed E-state index contributed by atoms with van der Waals surface area (Å²) in [5.41, 5.74) is 0.773. The van der Waals surface area contributed by atoms with Crippen molar-refractivity contribution < 1.29 is 35.0 Å². The number of carbonyl (C=O) groups excluding carboxylic acids is 2. The Hall–Kier alpha value is -3.30. The highest BCUT2D eigenvalue weighted by Crippen LogP contribution is 2.29. The number of phenols is 2. The highest BCUT2D eigenvalue weighted by molar-refractivity contribution is 6.00. The van der Waals surface area contributed by atoms with Gasteiger partial charge in [0.05, 0.1) is 11.3 Å². The molecule has 0 aromatic heterocycles. The van der Waals surface area contributed by atoms with Crippen molar-refractivity contribution in [1.29, 1.82) is 0 Å². The van der Waals surface area contributed by atoms with Crippen LogP contribution in [0.15, 0.2) is 42.5 Å². The number of nitrogens with one attached hydrogen (secondary N) is 1. The first-order valence-corrected chi connectivity index (χ1v) is 7.66. The van der Waals surface area contributed by atoms with E-state index in [0.29, 0.717) is 6.42 Å². The van der Waals surface area contributed by atoms with Crippen molar-refractivity contribution >= 4 is 17.6 Å². The third-order valence-electron chi connectivity index (χ3n) is 4.04. The standard InChI is InChI=1S/C17H16N2O7/c20-12-3-1-2-11(15(12)21)16(22)18-14-13(26-17(14)23)8-9-4-6-10(7-5-9)19(24)25/h1-7,13-14,20-21,24-25H,8H2,(H,18,22). The number of para-hydroxylation sites is 1. The van der Waals surface area contributed by atoms with E-state index >= 15 is 0 Å². The molecule has 0 saturated carbocycles. The predicted molar refractivity (Wildman–Crippen MR) is 87.1 cm³/mol. The second kappa shape index (κ2) is 6.90. The van der Waals surface area contributed by atoms with E-state index in [9.17, 15) is 19.8 Å². The predicted octanol–water partition coefficient (Wildman–Crippen LogP) is 0.949. The highest BCUT2D eigenvalue weighted by atomic mass is 16.8. The number of benzene rings is 2. The van der Waals surface area contributed by atoms with E-state index < -0.39 is 35.5 Å². The van der Waals surface area contributed by atoms with Gasteiger partial charge in [-0.3, -0.25) is 15.2 Å². The largest absolute Gasteiger partial charge is 0.504 e. The quantitative estimate of drug-likeness (QED) is 0.302. The minimum absolute atomic E-state index is 0.0159. The lowest BCUT2D eigenvalue weighted by atomic mass is 9.97. The maximum Gasteiger partial charge on any atom is 0.332 e. The number of carbonyl (C=O) groups is 2. The summed E-state index contributed by atoms with van der Waals surface area (Å²) in [4.78, 5) is 23.9. The van der Waals surface area contributed by atoms with E-state index in [0.717, 1.165) is 5.56 Å². The van der Waals surface area contributed by atoms with E-state index in [-0.39, 0.29) is 16.5 Å². The maximum atomic E-state index is 12.2. The Labute approximate surface area is 147 Å². The summed E-state index contributed by atoms with van der Waals surface area (Å²) < 4.78 is 5.05. The third kappa shape index (κ3) is 3.39. The number of amides is 1. The van der Waals surface area contributed by atoms with E-state index in [1.54, 1.807) is 12.1 Å². The molecule has 1 aliphatic heterocycles. The third-order valence-corrected chi connectivity index (χ3v) is 4.04. The Morgan fingerprint density at radius 2 is 1.81 bits per heavy atom. The number of hydrogen-bond donors (Lipinski definition) is 5. The molecule has 3 rings (SSSR count). The number of aromatic hydroxyl groups is 2. The Morgan fingerprint density at radius 1 is 1.12 bits per heavy atom. The van der Waals surface area contributed by atoms with Gasteiger partial charge in [0, 0.05) is 6.42 Å². The van der Waals surface area contributed by atoms with Gasteiger partial charge in [0.15, 0.2) is 17.5 Å². The fourth-order valence-electron chi connectivity index (χ4n) is 2.61. The van der Waals surface area contributed by atoms with Crippen molar-refractivity contribution in [3.05, 3.63) is 53.6 Å². The molecule has 0 bridgehead atoms. The van der Waals surface area contributed by atoms with Gasteiger partial charge < -0.3 is 20.3 Å². The number of esters is 1. The van der Waals surface area contributed by atoms with Crippen LogP contribution in [-0.2, 0) is 16.0 Å². The molecule has 1 heterocycles. The number of ether oxygens (including phenoxy) is 1. The molecular weight excluding hydrogens is 344 g/mol. The second-order valence-corrected chi connectivity index (χ2v) is 5.76. The van der Waals surface area contributed by atoms with Gasteiger partial charge in [-0.1, -0.05) is 18.2 Å². The molecule has 0 radical (unpaired) electrons. The minimum Gasteiger partial charge on any atom is -0.504 e. The molecule has 9 nitrogen and oxygen atoms in total. The van der Waals surface area contributed by atoms with Crippen molar-refractivity contribution in [2.75, 3.05) is 5.23 Å². The molecule has 2 unspecified atom stereocenters. The van der Waals surface area contributed by atoms with Crippen molar-refractivity contribution in [2.24, 2.45) is 0 Å². The van der Waals surface area contributed by atoms with E-state index in [4.69, 9.17) is 15.2 Å². The molecule has 0 spiro atoms. The van der Waals surface area contributed by atoms with Crippen LogP contribution >= 0.6 is 0 Å². The molecule has 5 N–H and O–H groups in total. The van der Waals surface area contributed by atoms with Crippen LogP contribution in [-0.4, -0.2) is 44.6 Å². The van der Waals surface area contributed by atoms with Gasteiger partial charge in [0.2, 0.25) is 0 Å². The van der Waals surface area contributed by atoms with Gasteiger partial charge >= 0.3 is 5.97 Å². The van der Waals surface area contributed by atoms with Crippen LogP contribution in [0.3, 0.4) is 0 Å². The Bertz CT molecular complexity index is 836. The Balaban J connectivity index is 1.67. The van der Waals surface area contributed by atoms with Crippen LogP contribution in [0, 0.1) is 0 Å². The highest BCUT2D eigenvalue weighted by Gasteiger charge is 2.43. The van der Waals surface area contributed by atoms with Crippen LogP contribution in [0.5, 0.6) is 11.5 Å². The van der Waals surface area contributed by atoms with Crippen molar-refractivity contribution in [3.8, 4) is 11.5 Å². The van der Waals surface area contributed by atoms with Crippen LogP contribution in [0.2, 0.25) is 0 Å². The van der Waals surface area contributed by atoms with Gasteiger partial charge in [-0.15, -0.1) is 5.23 Å². The SMILES string of the molecule is O=C(NC1C(=O)OC1Cc1ccc(N(O)O)cc1)c1cccc(O)c1O. The monoisotopic (exact) mass is 360 g/mol. The zero-order valence-corrected chi connectivity index (χ0v) is 13.4. The number of nitrogens with zero attached hydrogens (tertiary/aromatic N) is 1. The Kier molecular flexibility index (Phi) is 4.65. The van der Waals surface area contributed by atoms with Crippen LogP contribution in [0.25, 0.3) is 0 Å². The average Bonchev–Trinajstić information content (AvgIpc) is 2.62. The Morgan fingerprint density at radius 3 is 2.42 bits per heavy atom. The van der Waals surface area contributed by atoms with Crippen LogP contribution in [0.1, 0.15) is 15.9 Å². The fourth-order valence-corrected chi connectivity index (χ4v) is 2.61. The van der Waals surface area contributed by atoms with Gasteiger partial charge in [0.25, 0.3) is 5.91 Å². The van der Waals surface area contributed by atoms with Gasteiger partial charge in [-0.25, -0.2) is 4.79 Å². The summed E-state index contributed by atoms with van der Waals surface area (Å²) >= 11 is 0. The molecule has 2 atom stereocenters. The number of cyclic esters (lactones) is 1. The van der Waals surface area contributed by atoms with E-state index in [1.807, 2.05) is 0 Å². The molecule has 2 aromatic carbocycles. The molecule has 1 saturated heterocycles. The summed E-state index contributed by atoms with van der Waals surface area (Å²) in [5, 5.41) is 39.5. The van der Waals surface area contributed by atoms with E-state index in [1.165, 1.54) is 30.3 Å². The van der Waals surface area contributed by atoms with Gasteiger partial charge in [-0.2, -0.15) is 0 Å². The number of phenolic OH excluding ortho intramolecular Hbond substituents is 2. The minimum atomic E-state index is -0.892. The van der Waals surface area contributed by atoms with Crippen molar-refractivity contribution in [2.45, 2.75) is 18.6 Å².